The quantitative estimate of drug-likeness (QED) is 0.887. The van der Waals surface area contributed by atoms with E-state index in [1.54, 1.807) is 17.1 Å². The maximum Gasteiger partial charge on any atom is 0.226 e. The van der Waals surface area contributed by atoms with Gasteiger partial charge in [-0.3, -0.25) is 14.2 Å². The van der Waals surface area contributed by atoms with Crippen LogP contribution in [0.5, 0.6) is 0 Å². The molecule has 1 amide bonds. The van der Waals surface area contributed by atoms with Crippen LogP contribution in [0.2, 0.25) is 0 Å². The van der Waals surface area contributed by atoms with Gasteiger partial charge in [-0.05, 0) is 19.4 Å². The summed E-state index contributed by atoms with van der Waals surface area (Å²) < 4.78 is 9.40. The third-order valence-electron chi connectivity index (χ3n) is 4.21. The second kappa shape index (κ2) is 6.31. The Balaban J connectivity index is 1.60. The van der Waals surface area contributed by atoms with Crippen LogP contribution in [0.15, 0.2) is 24.7 Å². The molecule has 2 atom stereocenters. The molecule has 1 fully saturated rings. The zero-order chi connectivity index (χ0) is 15.5. The van der Waals surface area contributed by atoms with Crippen molar-refractivity contribution in [1.29, 1.82) is 0 Å². The number of ether oxygens (including phenoxy) is 1. The Morgan fingerprint density at radius 1 is 1.50 bits per heavy atom. The maximum atomic E-state index is 12.4. The highest BCUT2D eigenvalue weighted by molar-refractivity contribution is 5.79. The summed E-state index contributed by atoms with van der Waals surface area (Å²) in [6.07, 6.45) is 5.96. The number of carbonyl (C=O) groups is 1. The first-order valence-electron chi connectivity index (χ1n) is 7.52. The van der Waals surface area contributed by atoms with Crippen LogP contribution in [-0.2, 0) is 23.1 Å². The number of nitrogens with one attached hydrogen (secondary N) is 1. The molecule has 0 unspecified atom stereocenters. The van der Waals surface area contributed by atoms with Gasteiger partial charge in [-0.2, -0.15) is 10.2 Å². The highest BCUT2D eigenvalue weighted by atomic mass is 16.5. The first-order valence-corrected chi connectivity index (χ1v) is 7.52. The van der Waals surface area contributed by atoms with Crippen LogP contribution < -0.4 is 5.32 Å². The molecule has 0 aromatic carbocycles. The molecular weight excluding hydrogens is 282 g/mol. The average molecular weight is 303 g/mol. The standard InChI is InChI=1S/C15H21N5O2/c1-11-13(10-18-19(11)2)14-12(4-9-22-14)15(21)16-6-8-20-7-3-5-17-20/h3,5,7,10,12,14H,4,6,8-9H2,1-2H3,(H,16,21)/t12-,14-/m0/s1. The van der Waals surface area contributed by atoms with Gasteiger partial charge < -0.3 is 10.1 Å². The zero-order valence-corrected chi connectivity index (χ0v) is 12.9. The van der Waals surface area contributed by atoms with E-state index < -0.39 is 0 Å². The normalized spacial score (nSPS) is 21.2. The SMILES string of the molecule is Cc1c([C@H]2OCC[C@@H]2C(=O)NCCn2cccn2)cnn1C. The molecule has 2 aromatic heterocycles. The van der Waals surface area contributed by atoms with E-state index in [0.717, 1.165) is 17.7 Å². The summed E-state index contributed by atoms with van der Waals surface area (Å²) in [6.45, 7) is 3.84. The summed E-state index contributed by atoms with van der Waals surface area (Å²) in [5, 5.41) is 11.3. The number of hydrogen-bond donors (Lipinski definition) is 1. The van der Waals surface area contributed by atoms with Crippen molar-refractivity contribution in [3.63, 3.8) is 0 Å². The van der Waals surface area contributed by atoms with Crippen LogP contribution in [0.4, 0.5) is 0 Å². The summed E-state index contributed by atoms with van der Waals surface area (Å²) in [6, 6.07) is 1.87. The largest absolute Gasteiger partial charge is 0.373 e. The van der Waals surface area contributed by atoms with Gasteiger partial charge in [0.05, 0.1) is 24.8 Å². The minimum atomic E-state index is -0.196. The molecule has 7 nitrogen and oxygen atoms in total. The van der Waals surface area contributed by atoms with Crippen LogP contribution >= 0.6 is 0 Å². The number of nitrogens with zero attached hydrogens (tertiary/aromatic N) is 4. The Morgan fingerprint density at radius 2 is 2.36 bits per heavy atom. The molecule has 0 bridgehead atoms. The van der Waals surface area contributed by atoms with Crippen molar-refractivity contribution in [3.05, 3.63) is 35.9 Å². The van der Waals surface area contributed by atoms with E-state index in [1.165, 1.54) is 0 Å². The maximum absolute atomic E-state index is 12.4. The number of carbonyl (C=O) groups excluding carboxylic acids is 1. The van der Waals surface area contributed by atoms with Gasteiger partial charge in [-0.25, -0.2) is 0 Å². The van der Waals surface area contributed by atoms with Gasteiger partial charge in [-0.1, -0.05) is 0 Å². The van der Waals surface area contributed by atoms with Crippen molar-refractivity contribution >= 4 is 5.91 Å². The second-order valence-electron chi connectivity index (χ2n) is 5.56. The van der Waals surface area contributed by atoms with Crippen LogP contribution in [0.25, 0.3) is 0 Å². The Kier molecular flexibility index (Phi) is 4.24. The van der Waals surface area contributed by atoms with Crippen molar-refractivity contribution in [2.24, 2.45) is 13.0 Å². The minimum Gasteiger partial charge on any atom is -0.373 e. The lowest BCUT2D eigenvalue weighted by Gasteiger charge is -2.18. The van der Waals surface area contributed by atoms with Crippen molar-refractivity contribution in [2.45, 2.75) is 26.0 Å². The van der Waals surface area contributed by atoms with E-state index in [1.807, 2.05) is 30.9 Å². The molecule has 0 aliphatic carbocycles. The van der Waals surface area contributed by atoms with Gasteiger partial charge in [0.15, 0.2) is 0 Å². The average Bonchev–Trinajstić information content (AvgIpc) is 3.22. The summed E-state index contributed by atoms with van der Waals surface area (Å²) in [5.41, 5.74) is 2.05. The lowest BCUT2D eigenvalue weighted by molar-refractivity contribution is -0.126. The number of aromatic nitrogens is 4. The number of hydrogen-bond acceptors (Lipinski definition) is 4. The third-order valence-corrected chi connectivity index (χ3v) is 4.21. The minimum absolute atomic E-state index is 0.0397. The van der Waals surface area contributed by atoms with E-state index in [4.69, 9.17) is 4.74 Å². The van der Waals surface area contributed by atoms with Crippen LogP contribution in [0, 0.1) is 12.8 Å². The fraction of sp³-hybridized carbons (Fsp3) is 0.533. The van der Waals surface area contributed by atoms with Gasteiger partial charge in [0.25, 0.3) is 0 Å². The molecule has 3 heterocycles. The molecule has 1 aliphatic rings. The van der Waals surface area contributed by atoms with E-state index in [2.05, 4.69) is 15.5 Å². The number of amides is 1. The Morgan fingerprint density at radius 3 is 3.05 bits per heavy atom. The van der Waals surface area contributed by atoms with Gasteiger partial charge in [0, 0.05) is 43.9 Å². The topological polar surface area (TPSA) is 74.0 Å². The molecule has 1 N–H and O–H groups in total. The Hall–Kier alpha value is -2.15. The van der Waals surface area contributed by atoms with E-state index >= 15 is 0 Å². The molecule has 118 valence electrons. The highest BCUT2D eigenvalue weighted by Crippen LogP contribution is 2.35. The second-order valence-corrected chi connectivity index (χ2v) is 5.56. The lowest BCUT2D eigenvalue weighted by atomic mass is 9.95. The summed E-state index contributed by atoms with van der Waals surface area (Å²) in [5.74, 6) is -0.113. The molecule has 3 rings (SSSR count). The monoisotopic (exact) mass is 303 g/mol. The van der Waals surface area contributed by atoms with Crippen molar-refractivity contribution < 1.29 is 9.53 Å². The van der Waals surface area contributed by atoms with E-state index in [-0.39, 0.29) is 17.9 Å². The summed E-state index contributed by atoms with van der Waals surface area (Å²) in [7, 11) is 1.90. The zero-order valence-electron chi connectivity index (χ0n) is 12.9. The predicted molar refractivity (Wildman–Crippen MR) is 80.0 cm³/mol. The Bertz CT molecular complexity index is 634. The molecule has 7 heteroatoms. The van der Waals surface area contributed by atoms with Crippen molar-refractivity contribution in [3.8, 4) is 0 Å². The Labute approximate surface area is 129 Å². The van der Waals surface area contributed by atoms with E-state index in [9.17, 15) is 4.79 Å². The molecule has 0 spiro atoms. The molecule has 1 aliphatic heterocycles. The summed E-state index contributed by atoms with van der Waals surface area (Å²) in [4.78, 5) is 12.4. The molecule has 0 radical (unpaired) electrons. The smallest absolute Gasteiger partial charge is 0.226 e. The molecular formula is C15H21N5O2. The van der Waals surface area contributed by atoms with Gasteiger partial charge in [0.1, 0.15) is 0 Å². The first kappa shape index (κ1) is 14.8. The predicted octanol–water partition coefficient (Wildman–Crippen LogP) is 0.819. The van der Waals surface area contributed by atoms with Crippen molar-refractivity contribution in [1.82, 2.24) is 24.9 Å². The van der Waals surface area contributed by atoms with Gasteiger partial charge in [0.2, 0.25) is 5.91 Å². The van der Waals surface area contributed by atoms with E-state index in [0.29, 0.717) is 19.7 Å². The summed E-state index contributed by atoms with van der Waals surface area (Å²) >= 11 is 0. The molecule has 0 saturated carbocycles. The molecule has 22 heavy (non-hydrogen) atoms. The number of aryl methyl sites for hydroxylation is 1. The fourth-order valence-corrected chi connectivity index (χ4v) is 2.82. The first-order chi connectivity index (χ1) is 10.7. The van der Waals surface area contributed by atoms with Crippen LogP contribution in [0.1, 0.15) is 23.8 Å². The molecule has 2 aromatic rings. The number of rotatable bonds is 5. The third kappa shape index (κ3) is 2.89. The van der Waals surface area contributed by atoms with Crippen LogP contribution in [-0.4, -0.2) is 38.6 Å². The van der Waals surface area contributed by atoms with Crippen molar-refractivity contribution in [2.75, 3.05) is 13.2 Å². The highest BCUT2D eigenvalue weighted by Gasteiger charge is 2.36. The fourth-order valence-electron chi connectivity index (χ4n) is 2.82. The lowest BCUT2D eigenvalue weighted by Crippen LogP contribution is -2.34. The van der Waals surface area contributed by atoms with Crippen LogP contribution in [0.3, 0.4) is 0 Å². The molecule has 1 saturated heterocycles. The van der Waals surface area contributed by atoms with Gasteiger partial charge in [-0.15, -0.1) is 0 Å². The van der Waals surface area contributed by atoms with Gasteiger partial charge >= 0.3 is 0 Å².